The molecule has 1 N–H and O–H groups in total. The maximum atomic E-state index is 12.9. The van der Waals surface area contributed by atoms with Crippen LogP contribution in [0.2, 0.25) is 0 Å². The number of hydrogen-bond donors (Lipinski definition) is 1. The molecule has 1 aliphatic carbocycles. The number of anilines is 1. The van der Waals surface area contributed by atoms with Gasteiger partial charge in [-0.2, -0.15) is 0 Å². The lowest BCUT2D eigenvalue weighted by Gasteiger charge is -2.15. The van der Waals surface area contributed by atoms with E-state index in [4.69, 9.17) is 9.47 Å². The fourth-order valence-corrected chi connectivity index (χ4v) is 4.08. The van der Waals surface area contributed by atoms with Gasteiger partial charge in [-0.05, 0) is 56.0 Å². The van der Waals surface area contributed by atoms with E-state index in [-0.39, 0.29) is 11.7 Å². The summed E-state index contributed by atoms with van der Waals surface area (Å²) in [4.78, 5) is 25.6. The van der Waals surface area contributed by atoms with Crippen molar-refractivity contribution in [3.63, 3.8) is 0 Å². The van der Waals surface area contributed by atoms with Gasteiger partial charge in [0.15, 0.2) is 6.10 Å². The molecule has 2 aromatic rings. The lowest BCUT2D eigenvalue weighted by Crippen LogP contribution is -2.30. The maximum Gasteiger partial charge on any atom is 0.341 e. The number of nitrogens with one attached hydrogen (secondary N) is 1. The molecule has 1 heterocycles. The van der Waals surface area contributed by atoms with Gasteiger partial charge >= 0.3 is 5.97 Å². The predicted molar refractivity (Wildman–Crippen MR) is 92.8 cm³/mol. The Bertz CT molecular complexity index is 800. The second kappa shape index (κ2) is 7.23. The van der Waals surface area contributed by atoms with Crippen molar-refractivity contribution in [1.82, 2.24) is 0 Å². The number of carbonyl (C=O) groups is 2. The van der Waals surface area contributed by atoms with Gasteiger partial charge in [-0.25, -0.2) is 9.18 Å². The average Bonchev–Trinajstić information content (AvgIpc) is 3.16. The SMILES string of the molecule is COC(=O)c1c(NC(=O)C(C)Oc2ccc(F)cc2)sc2c1CCC2. The third-order valence-electron chi connectivity index (χ3n) is 4.04. The Morgan fingerprint density at radius 3 is 2.64 bits per heavy atom. The molecule has 5 nitrogen and oxygen atoms in total. The summed E-state index contributed by atoms with van der Waals surface area (Å²) in [5.74, 6) is -0.803. The molecule has 0 bridgehead atoms. The van der Waals surface area contributed by atoms with Crippen LogP contribution in [-0.4, -0.2) is 25.1 Å². The van der Waals surface area contributed by atoms with E-state index in [1.807, 2.05) is 0 Å². The molecule has 132 valence electrons. The minimum Gasteiger partial charge on any atom is -0.481 e. The molecule has 1 aromatic carbocycles. The summed E-state index contributed by atoms with van der Waals surface area (Å²) in [5, 5.41) is 3.26. The van der Waals surface area contributed by atoms with Gasteiger partial charge in [-0.1, -0.05) is 0 Å². The van der Waals surface area contributed by atoms with E-state index in [0.717, 1.165) is 29.7 Å². The zero-order chi connectivity index (χ0) is 18.0. The number of carbonyl (C=O) groups excluding carboxylic acids is 2. The van der Waals surface area contributed by atoms with E-state index in [2.05, 4.69) is 5.32 Å². The van der Waals surface area contributed by atoms with Gasteiger partial charge in [0, 0.05) is 4.88 Å². The number of ether oxygens (including phenoxy) is 2. The number of benzene rings is 1. The number of esters is 1. The van der Waals surface area contributed by atoms with E-state index >= 15 is 0 Å². The van der Waals surface area contributed by atoms with Gasteiger partial charge in [-0.15, -0.1) is 11.3 Å². The van der Waals surface area contributed by atoms with E-state index < -0.39 is 12.1 Å². The Morgan fingerprint density at radius 2 is 1.96 bits per heavy atom. The van der Waals surface area contributed by atoms with Crippen LogP contribution in [-0.2, 0) is 22.4 Å². The van der Waals surface area contributed by atoms with Crippen LogP contribution < -0.4 is 10.1 Å². The van der Waals surface area contributed by atoms with Gasteiger partial charge in [0.05, 0.1) is 12.7 Å². The van der Waals surface area contributed by atoms with Crippen molar-refractivity contribution >= 4 is 28.2 Å². The first-order valence-corrected chi connectivity index (χ1v) is 8.77. The molecule has 1 unspecified atom stereocenters. The minimum absolute atomic E-state index is 0.375. The maximum absolute atomic E-state index is 12.9. The van der Waals surface area contributed by atoms with Crippen LogP contribution >= 0.6 is 11.3 Å². The highest BCUT2D eigenvalue weighted by Gasteiger charge is 2.29. The van der Waals surface area contributed by atoms with Crippen molar-refractivity contribution in [2.75, 3.05) is 12.4 Å². The number of halogens is 1. The van der Waals surface area contributed by atoms with Crippen molar-refractivity contribution in [1.29, 1.82) is 0 Å². The molecule has 1 aromatic heterocycles. The van der Waals surface area contributed by atoms with Gasteiger partial charge in [-0.3, -0.25) is 4.79 Å². The summed E-state index contributed by atoms with van der Waals surface area (Å²) in [7, 11) is 1.33. The van der Waals surface area contributed by atoms with Gasteiger partial charge in [0.25, 0.3) is 5.91 Å². The Balaban J connectivity index is 1.74. The molecule has 25 heavy (non-hydrogen) atoms. The molecule has 0 saturated carbocycles. The predicted octanol–water partition coefficient (Wildman–Crippen LogP) is 3.57. The zero-order valence-corrected chi connectivity index (χ0v) is 14.7. The van der Waals surface area contributed by atoms with Gasteiger partial charge in [0.2, 0.25) is 0 Å². The van der Waals surface area contributed by atoms with Crippen molar-refractivity contribution in [3.05, 3.63) is 46.1 Å². The van der Waals surface area contributed by atoms with Crippen molar-refractivity contribution in [2.45, 2.75) is 32.3 Å². The smallest absolute Gasteiger partial charge is 0.341 e. The normalized spacial score (nSPS) is 13.9. The van der Waals surface area contributed by atoms with Gasteiger partial charge in [0.1, 0.15) is 16.6 Å². The van der Waals surface area contributed by atoms with Crippen LogP contribution in [0, 0.1) is 5.82 Å². The standard InChI is InChI=1S/C18H18FNO4S/c1-10(24-12-8-6-11(19)7-9-12)16(21)20-17-15(18(22)23-2)13-4-3-5-14(13)25-17/h6-10H,3-5H2,1-2H3,(H,20,21). The van der Waals surface area contributed by atoms with E-state index in [1.54, 1.807) is 6.92 Å². The Hall–Kier alpha value is -2.41. The summed E-state index contributed by atoms with van der Waals surface area (Å²) >= 11 is 1.41. The summed E-state index contributed by atoms with van der Waals surface area (Å²) in [6.07, 6.45) is 1.92. The molecule has 1 aliphatic rings. The number of hydrogen-bond acceptors (Lipinski definition) is 5. The Labute approximate surface area is 148 Å². The van der Waals surface area contributed by atoms with Crippen LogP contribution in [0.5, 0.6) is 5.75 Å². The lowest BCUT2D eigenvalue weighted by molar-refractivity contribution is -0.122. The zero-order valence-electron chi connectivity index (χ0n) is 13.9. The third kappa shape index (κ3) is 3.66. The summed E-state index contributed by atoms with van der Waals surface area (Å²) in [6.45, 7) is 1.60. The molecule has 0 saturated heterocycles. The fraction of sp³-hybridized carbons (Fsp3) is 0.333. The molecule has 1 atom stereocenters. The van der Waals surface area contributed by atoms with Crippen LogP contribution in [0.1, 0.15) is 34.1 Å². The first kappa shape index (κ1) is 17.4. The molecule has 0 radical (unpaired) electrons. The second-order valence-corrected chi connectivity index (χ2v) is 6.86. The average molecular weight is 363 g/mol. The van der Waals surface area contributed by atoms with Crippen molar-refractivity contribution in [3.8, 4) is 5.75 Å². The molecular formula is C18H18FNO4S. The molecule has 0 fully saturated rings. The summed E-state index contributed by atoms with van der Waals surface area (Å²) in [5.41, 5.74) is 1.42. The van der Waals surface area contributed by atoms with E-state index in [9.17, 15) is 14.0 Å². The largest absolute Gasteiger partial charge is 0.481 e. The van der Waals surface area contributed by atoms with Crippen LogP contribution in [0.3, 0.4) is 0 Å². The Kier molecular flexibility index (Phi) is 5.03. The number of amides is 1. The highest BCUT2D eigenvalue weighted by atomic mass is 32.1. The summed E-state index contributed by atoms with van der Waals surface area (Å²) in [6, 6.07) is 5.44. The number of methoxy groups -OCH3 is 1. The lowest BCUT2D eigenvalue weighted by atomic mass is 10.1. The highest BCUT2D eigenvalue weighted by Crippen LogP contribution is 2.39. The van der Waals surface area contributed by atoms with Crippen LogP contribution in [0.4, 0.5) is 9.39 Å². The number of rotatable bonds is 5. The number of fused-ring (bicyclic) bond motifs is 1. The van der Waals surface area contributed by atoms with Gasteiger partial charge < -0.3 is 14.8 Å². The summed E-state index contributed by atoms with van der Waals surface area (Å²) < 4.78 is 23.3. The molecule has 3 rings (SSSR count). The van der Waals surface area contributed by atoms with Crippen LogP contribution in [0.15, 0.2) is 24.3 Å². The molecule has 0 spiro atoms. The monoisotopic (exact) mass is 363 g/mol. The first-order chi connectivity index (χ1) is 12.0. The molecule has 1 amide bonds. The highest BCUT2D eigenvalue weighted by molar-refractivity contribution is 7.17. The first-order valence-electron chi connectivity index (χ1n) is 7.95. The molecular weight excluding hydrogens is 345 g/mol. The van der Waals surface area contributed by atoms with E-state index in [1.165, 1.54) is 42.7 Å². The molecule has 0 aliphatic heterocycles. The minimum atomic E-state index is -0.798. The Morgan fingerprint density at radius 1 is 1.24 bits per heavy atom. The number of aryl methyl sites for hydroxylation is 1. The number of thiophene rings is 1. The van der Waals surface area contributed by atoms with Crippen molar-refractivity contribution in [2.24, 2.45) is 0 Å². The molecule has 7 heteroatoms. The fourth-order valence-electron chi connectivity index (χ4n) is 2.79. The third-order valence-corrected chi connectivity index (χ3v) is 5.25. The van der Waals surface area contributed by atoms with Crippen molar-refractivity contribution < 1.29 is 23.5 Å². The topological polar surface area (TPSA) is 64.6 Å². The quantitative estimate of drug-likeness (QED) is 0.825. The van der Waals surface area contributed by atoms with Crippen LogP contribution in [0.25, 0.3) is 0 Å². The van der Waals surface area contributed by atoms with E-state index in [0.29, 0.717) is 16.3 Å². The second-order valence-electron chi connectivity index (χ2n) is 5.76.